The summed E-state index contributed by atoms with van der Waals surface area (Å²) < 4.78 is 5.95. The van der Waals surface area contributed by atoms with Gasteiger partial charge in [0, 0.05) is 43.9 Å². The number of amides is 1. The van der Waals surface area contributed by atoms with E-state index in [2.05, 4.69) is 16.0 Å². The molecule has 0 atom stereocenters. The Hall–Kier alpha value is -3.07. The van der Waals surface area contributed by atoms with Gasteiger partial charge >= 0.3 is 0 Å². The number of nitrogens with zero attached hydrogens (tertiary/aromatic N) is 3. The summed E-state index contributed by atoms with van der Waals surface area (Å²) in [6, 6.07) is 13.1. The fraction of sp³-hybridized carbons (Fsp3) is 0.278. The van der Waals surface area contributed by atoms with Crippen LogP contribution in [0.25, 0.3) is 0 Å². The van der Waals surface area contributed by atoms with Gasteiger partial charge in [-0.25, -0.2) is 0 Å². The maximum absolute atomic E-state index is 11.2. The van der Waals surface area contributed by atoms with Crippen LogP contribution in [0.1, 0.15) is 28.9 Å². The molecule has 2 heterocycles. The number of primary amides is 1. The van der Waals surface area contributed by atoms with E-state index in [1.165, 1.54) is 6.20 Å². The van der Waals surface area contributed by atoms with E-state index >= 15 is 0 Å². The Bertz CT molecular complexity index is 759. The van der Waals surface area contributed by atoms with Gasteiger partial charge in [-0.15, -0.1) is 0 Å². The first kappa shape index (κ1) is 15.8. The van der Waals surface area contributed by atoms with Gasteiger partial charge in [0.2, 0.25) is 0 Å². The molecule has 1 saturated heterocycles. The van der Waals surface area contributed by atoms with Gasteiger partial charge in [0.05, 0.1) is 11.6 Å². The molecule has 0 radical (unpaired) electrons. The maximum Gasteiger partial charge on any atom is 0.267 e. The van der Waals surface area contributed by atoms with Gasteiger partial charge in [0.25, 0.3) is 5.91 Å². The van der Waals surface area contributed by atoms with Crippen molar-refractivity contribution in [1.29, 1.82) is 5.26 Å². The van der Waals surface area contributed by atoms with Gasteiger partial charge in [-0.3, -0.25) is 9.78 Å². The molecule has 0 unspecified atom stereocenters. The first-order chi connectivity index (χ1) is 11.7. The van der Waals surface area contributed by atoms with Crippen LogP contribution in [-0.2, 0) is 0 Å². The number of benzene rings is 1. The van der Waals surface area contributed by atoms with E-state index in [1.807, 2.05) is 24.3 Å². The molecule has 0 aliphatic carbocycles. The summed E-state index contributed by atoms with van der Waals surface area (Å²) in [6.45, 7) is 1.76. The van der Waals surface area contributed by atoms with Crippen LogP contribution in [0.5, 0.6) is 5.75 Å². The Labute approximate surface area is 140 Å². The van der Waals surface area contributed by atoms with Crippen molar-refractivity contribution >= 4 is 11.6 Å². The monoisotopic (exact) mass is 322 g/mol. The average molecular weight is 322 g/mol. The second-order valence-corrected chi connectivity index (χ2v) is 5.70. The number of ether oxygens (including phenoxy) is 1. The second-order valence-electron chi connectivity index (χ2n) is 5.70. The molecule has 1 aromatic carbocycles. The highest BCUT2D eigenvalue weighted by Crippen LogP contribution is 2.23. The summed E-state index contributed by atoms with van der Waals surface area (Å²) >= 11 is 0. The van der Waals surface area contributed by atoms with Crippen LogP contribution in [0.4, 0.5) is 5.69 Å². The maximum atomic E-state index is 11.2. The predicted octanol–water partition coefficient (Wildman–Crippen LogP) is 2.10. The molecule has 0 saturated carbocycles. The molecule has 1 amide bonds. The molecule has 0 bridgehead atoms. The topological polar surface area (TPSA) is 92.2 Å². The predicted molar refractivity (Wildman–Crippen MR) is 89.8 cm³/mol. The highest BCUT2D eigenvalue weighted by molar-refractivity contribution is 5.91. The molecule has 122 valence electrons. The van der Waals surface area contributed by atoms with Gasteiger partial charge < -0.3 is 15.4 Å². The molecular weight excluding hydrogens is 304 g/mol. The van der Waals surface area contributed by atoms with Crippen LogP contribution in [-0.4, -0.2) is 30.1 Å². The van der Waals surface area contributed by atoms with Crippen LogP contribution in [0.3, 0.4) is 0 Å². The van der Waals surface area contributed by atoms with E-state index in [9.17, 15) is 4.79 Å². The number of carbonyl (C=O) groups excluding carboxylic acids is 1. The zero-order chi connectivity index (χ0) is 16.9. The van der Waals surface area contributed by atoms with Crippen LogP contribution in [0.2, 0.25) is 0 Å². The Morgan fingerprint density at radius 3 is 2.58 bits per heavy atom. The summed E-state index contributed by atoms with van der Waals surface area (Å²) in [5, 5.41) is 8.85. The molecule has 1 aliphatic heterocycles. The van der Waals surface area contributed by atoms with E-state index in [-0.39, 0.29) is 11.8 Å². The second kappa shape index (κ2) is 7.01. The van der Waals surface area contributed by atoms with Crippen molar-refractivity contribution in [2.24, 2.45) is 5.73 Å². The van der Waals surface area contributed by atoms with Gasteiger partial charge in [-0.2, -0.15) is 5.26 Å². The molecule has 3 rings (SSSR count). The first-order valence-electron chi connectivity index (χ1n) is 7.83. The lowest BCUT2D eigenvalue weighted by atomic mass is 10.1. The van der Waals surface area contributed by atoms with Gasteiger partial charge in [0.1, 0.15) is 17.5 Å². The van der Waals surface area contributed by atoms with E-state index in [0.29, 0.717) is 11.3 Å². The Morgan fingerprint density at radius 1 is 1.25 bits per heavy atom. The number of hydrogen-bond acceptors (Lipinski definition) is 5. The summed E-state index contributed by atoms with van der Waals surface area (Å²) in [6.07, 6.45) is 3.40. The zero-order valence-corrected chi connectivity index (χ0v) is 13.2. The minimum Gasteiger partial charge on any atom is -0.490 e. The molecule has 2 N–H and O–H groups in total. The van der Waals surface area contributed by atoms with Crippen LogP contribution >= 0.6 is 0 Å². The van der Waals surface area contributed by atoms with Crippen molar-refractivity contribution in [1.82, 2.24) is 4.98 Å². The van der Waals surface area contributed by atoms with Crippen molar-refractivity contribution in [2.45, 2.75) is 18.9 Å². The molecule has 24 heavy (non-hydrogen) atoms. The zero-order valence-electron chi connectivity index (χ0n) is 13.2. The van der Waals surface area contributed by atoms with Crippen molar-refractivity contribution in [2.75, 3.05) is 18.0 Å². The molecule has 1 aliphatic rings. The lowest BCUT2D eigenvalue weighted by Gasteiger charge is -2.33. The number of anilines is 1. The molecular formula is C18H18N4O2. The van der Waals surface area contributed by atoms with Crippen molar-refractivity contribution < 1.29 is 9.53 Å². The SMILES string of the molecule is N#Cc1ccc(N2CCC(Oc3ccnc(C(N)=O)c3)CC2)cc1. The summed E-state index contributed by atoms with van der Waals surface area (Å²) in [4.78, 5) is 17.4. The molecule has 2 aromatic rings. The van der Waals surface area contributed by atoms with Crippen molar-refractivity contribution in [3.63, 3.8) is 0 Å². The number of nitrogens with two attached hydrogens (primary N) is 1. The number of hydrogen-bond donors (Lipinski definition) is 1. The molecule has 1 aromatic heterocycles. The van der Waals surface area contributed by atoms with E-state index < -0.39 is 5.91 Å². The van der Waals surface area contributed by atoms with Gasteiger partial charge in [-0.05, 0) is 30.3 Å². The fourth-order valence-electron chi connectivity index (χ4n) is 2.79. The third kappa shape index (κ3) is 3.63. The van der Waals surface area contributed by atoms with E-state index in [4.69, 9.17) is 15.7 Å². The minimum absolute atomic E-state index is 0.0998. The third-order valence-corrected chi connectivity index (χ3v) is 4.09. The molecule has 0 spiro atoms. The highest BCUT2D eigenvalue weighted by atomic mass is 16.5. The van der Waals surface area contributed by atoms with Crippen LogP contribution in [0, 0.1) is 11.3 Å². The number of pyridine rings is 1. The van der Waals surface area contributed by atoms with Crippen LogP contribution < -0.4 is 15.4 Å². The Balaban J connectivity index is 1.58. The van der Waals surface area contributed by atoms with Crippen molar-refractivity contribution in [3.8, 4) is 11.8 Å². The lowest BCUT2D eigenvalue weighted by Crippen LogP contribution is -2.38. The number of aromatic nitrogens is 1. The normalized spacial score (nSPS) is 14.9. The first-order valence-corrected chi connectivity index (χ1v) is 7.83. The average Bonchev–Trinajstić information content (AvgIpc) is 2.63. The third-order valence-electron chi connectivity index (χ3n) is 4.09. The standard InChI is InChI=1S/C18H18N4O2/c19-12-13-1-3-14(4-2-13)22-9-6-15(7-10-22)24-16-5-8-21-17(11-16)18(20)23/h1-5,8,11,15H,6-7,9-10H2,(H2,20,23). The Morgan fingerprint density at radius 2 is 1.96 bits per heavy atom. The molecule has 1 fully saturated rings. The van der Waals surface area contributed by atoms with Gasteiger partial charge in [0.15, 0.2) is 0 Å². The summed E-state index contributed by atoms with van der Waals surface area (Å²) in [5.74, 6) is 0.0618. The highest BCUT2D eigenvalue weighted by Gasteiger charge is 2.21. The van der Waals surface area contributed by atoms with E-state index in [0.717, 1.165) is 31.6 Å². The smallest absolute Gasteiger partial charge is 0.267 e. The van der Waals surface area contributed by atoms with Crippen molar-refractivity contribution in [3.05, 3.63) is 53.9 Å². The Kier molecular flexibility index (Phi) is 4.62. The number of piperidine rings is 1. The van der Waals surface area contributed by atoms with Crippen LogP contribution in [0.15, 0.2) is 42.6 Å². The number of nitriles is 1. The number of carbonyl (C=O) groups is 1. The minimum atomic E-state index is -0.559. The lowest BCUT2D eigenvalue weighted by molar-refractivity contribution is 0.0994. The quantitative estimate of drug-likeness (QED) is 0.930. The number of rotatable bonds is 4. The van der Waals surface area contributed by atoms with Gasteiger partial charge in [-0.1, -0.05) is 0 Å². The largest absolute Gasteiger partial charge is 0.490 e. The molecule has 6 nitrogen and oxygen atoms in total. The molecule has 6 heteroatoms. The fourth-order valence-corrected chi connectivity index (χ4v) is 2.79. The van der Waals surface area contributed by atoms with E-state index in [1.54, 1.807) is 12.1 Å². The summed E-state index contributed by atoms with van der Waals surface area (Å²) in [7, 11) is 0. The summed E-state index contributed by atoms with van der Waals surface area (Å²) in [5.41, 5.74) is 7.23.